The largest absolute Gasteiger partial charge is 0.347 e. The number of urea groups is 1. The van der Waals surface area contributed by atoms with Gasteiger partial charge in [0.1, 0.15) is 12.4 Å². The normalized spacial score (nSPS) is 28.6. The fourth-order valence-electron chi connectivity index (χ4n) is 4.24. The average molecular weight is 349 g/mol. The van der Waals surface area contributed by atoms with Crippen LogP contribution in [0.15, 0.2) is 6.33 Å². The number of nitrogens with zero attached hydrogens (tertiary/aromatic N) is 4. The van der Waals surface area contributed by atoms with Crippen LogP contribution in [0.5, 0.6) is 0 Å². The molecule has 2 saturated heterocycles. The molecule has 2 aliphatic heterocycles. The van der Waals surface area contributed by atoms with Crippen LogP contribution in [0, 0.1) is 0 Å². The van der Waals surface area contributed by atoms with Crippen LogP contribution in [-0.4, -0.2) is 57.3 Å². The quantitative estimate of drug-likeness (QED) is 0.899. The summed E-state index contributed by atoms with van der Waals surface area (Å²) in [6, 6.07) is -0.0587. The highest BCUT2D eigenvalue weighted by Crippen LogP contribution is 2.37. The van der Waals surface area contributed by atoms with E-state index in [1.807, 2.05) is 16.5 Å². The van der Waals surface area contributed by atoms with Crippen molar-refractivity contribution in [3.63, 3.8) is 0 Å². The van der Waals surface area contributed by atoms with Crippen LogP contribution in [0.4, 0.5) is 4.79 Å². The molecule has 0 unspecified atom stereocenters. The Labute approximate surface area is 147 Å². The van der Waals surface area contributed by atoms with Gasteiger partial charge in [0.05, 0.1) is 12.6 Å². The fourth-order valence-corrected chi connectivity index (χ4v) is 4.24. The predicted molar refractivity (Wildman–Crippen MR) is 89.7 cm³/mol. The second-order valence-electron chi connectivity index (χ2n) is 7.36. The van der Waals surface area contributed by atoms with Gasteiger partial charge in [0.15, 0.2) is 11.6 Å². The Kier molecular flexibility index (Phi) is 4.64. The van der Waals surface area contributed by atoms with Crippen LogP contribution >= 0.6 is 0 Å². The van der Waals surface area contributed by atoms with Crippen molar-refractivity contribution in [2.45, 2.75) is 62.9 Å². The topological polar surface area (TPSA) is 81.5 Å². The monoisotopic (exact) mass is 349 g/mol. The Morgan fingerprint density at radius 3 is 2.96 bits per heavy atom. The lowest BCUT2D eigenvalue weighted by Gasteiger charge is -2.31. The molecular weight excluding hydrogens is 322 g/mol. The summed E-state index contributed by atoms with van der Waals surface area (Å²) in [4.78, 5) is 14.5. The molecule has 3 fully saturated rings. The molecule has 138 valence electrons. The Hall–Kier alpha value is -1.67. The van der Waals surface area contributed by atoms with Crippen molar-refractivity contribution in [1.82, 2.24) is 25.0 Å². The van der Waals surface area contributed by atoms with Crippen LogP contribution < -0.4 is 5.32 Å². The van der Waals surface area contributed by atoms with Crippen molar-refractivity contribution in [2.24, 2.45) is 7.05 Å². The molecule has 1 N–H and O–H groups in total. The zero-order valence-corrected chi connectivity index (χ0v) is 14.8. The summed E-state index contributed by atoms with van der Waals surface area (Å²) in [5, 5.41) is 11.1. The molecular formula is C17H27N5O3. The van der Waals surface area contributed by atoms with Gasteiger partial charge in [-0.2, -0.15) is 0 Å². The number of aromatic nitrogens is 3. The third-order valence-corrected chi connectivity index (χ3v) is 5.57. The van der Waals surface area contributed by atoms with Gasteiger partial charge >= 0.3 is 6.03 Å². The van der Waals surface area contributed by atoms with E-state index in [-0.39, 0.29) is 24.0 Å². The second-order valence-corrected chi connectivity index (χ2v) is 7.36. The zero-order valence-electron chi connectivity index (χ0n) is 14.8. The molecule has 2 amide bonds. The minimum atomic E-state index is -0.386. The van der Waals surface area contributed by atoms with E-state index in [4.69, 9.17) is 9.47 Å². The fraction of sp³-hybridized carbons (Fsp3) is 0.824. The third kappa shape index (κ3) is 3.37. The van der Waals surface area contributed by atoms with E-state index in [1.165, 1.54) is 6.42 Å². The molecule has 1 spiro atoms. The number of aryl methyl sites for hydroxylation is 1. The number of nitrogens with one attached hydrogen (secondary N) is 1. The van der Waals surface area contributed by atoms with Crippen LogP contribution in [0.2, 0.25) is 0 Å². The Bertz CT molecular complexity index is 613. The molecule has 8 heteroatoms. The molecule has 1 aromatic rings. The number of carbonyl (C=O) groups excluding carboxylic acids is 1. The summed E-state index contributed by atoms with van der Waals surface area (Å²) in [7, 11) is 1.91. The van der Waals surface area contributed by atoms with Gasteiger partial charge in [-0.3, -0.25) is 0 Å². The van der Waals surface area contributed by atoms with Gasteiger partial charge in [-0.05, 0) is 25.7 Å². The molecule has 4 rings (SSSR count). The number of hydrogen-bond donors (Lipinski definition) is 1. The maximum atomic E-state index is 12.6. The summed E-state index contributed by atoms with van der Waals surface area (Å²) in [6.45, 7) is 1.80. The highest BCUT2D eigenvalue weighted by molar-refractivity contribution is 5.75. The first kappa shape index (κ1) is 16.8. The number of likely N-dealkylation sites (tertiary alicyclic amines) is 1. The predicted octanol–water partition coefficient (Wildman–Crippen LogP) is 1.74. The molecule has 3 heterocycles. The molecule has 2 atom stereocenters. The van der Waals surface area contributed by atoms with E-state index in [0.29, 0.717) is 13.2 Å². The molecule has 3 aliphatic rings. The number of ether oxygens (including phenoxy) is 2. The first-order valence-corrected chi connectivity index (χ1v) is 9.37. The number of carbonyl (C=O) groups is 1. The summed E-state index contributed by atoms with van der Waals surface area (Å²) in [5.41, 5.74) is 0. The standard InChI is InChI=1S/C17H27N5O3/c1-21-12-19-20-15(21)14-6-5-9-22(14)16(23)18-10-13-11-24-17(25-13)7-3-2-4-8-17/h12-14H,2-11H2,1H3,(H,18,23)/t13-,14+/m0/s1. The lowest BCUT2D eigenvalue weighted by Crippen LogP contribution is -2.44. The Morgan fingerprint density at radius 2 is 2.20 bits per heavy atom. The van der Waals surface area contributed by atoms with E-state index in [0.717, 1.165) is 50.9 Å². The van der Waals surface area contributed by atoms with Crippen molar-refractivity contribution < 1.29 is 14.3 Å². The minimum absolute atomic E-state index is 0.00191. The maximum absolute atomic E-state index is 12.6. The van der Waals surface area contributed by atoms with Gasteiger partial charge in [-0.1, -0.05) is 6.42 Å². The maximum Gasteiger partial charge on any atom is 0.318 e. The summed E-state index contributed by atoms with van der Waals surface area (Å²) < 4.78 is 14.0. The summed E-state index contributed by atoms with van der Waals surface area (Å²) in [6.07, 6.45) is 9.04. The number of hydrogen-bond acceptors (Lipinski definition) is 5. The smallest absolute Gasteiger partial charge is 0.318 e. The summed E-state index contributed by atoms with van der Waals surface area (Å²) in [5.74, 6) is 0.455. The van der Waals surface area contributed by atoms with Crippen molar-refractivity contribution in [3.05, 3.63) is 12.2 Å². The van der Waals surface area contributed by atoms with Crippen molar-refractivity contribution in [3.8, 4) is 0 Å². The van der Waals surface area contributed by atoms with Gasteiger partial charge < -0.3 is 24.3 Å². The highest BCUT2D eigenvalue weighted by Gasteiger charge is 2.42. The van der Waals surface area contributed by atoms with Crippen molar-refractivity contribution in [2.75, 3.05) is 19.7 Å². The molecule has 8 nitrogen and oxygen atoms in total. The molecule has 1 saturated carbocycles. The highest BCUT2D eigenvalue weighted by atomic mass is 16.7. The van der Waals surface area contributed by atoms with Crippen LogP contribution in [0.3, 0.4) is 0 Å². The third-order valence-electron chi connectivity index (χ3n) is 5.57. The van der Waals surface area contributed by atoms with Gasteiger partial charge in [-0.25, -0.2) is 4.79 Å². The average Bonchev–Trinajstić information content (AvgIpc) is 3.33. The molecule has 0 radical (unpaired) electrons. The lowest BCUT2D eigenvalue weighted by molar-refractivity contribution is -0.186. The molecule has 0 aromatic carbocycles. The minimum Gasteiger partial charge on any atom is -0.347 e. The van der Waals surface area contributed by atoms with Gasteiger partial charge in [0, 0.05) is 33.0 Å². The van der Waals surface area contributed by atoms with Crippen molar-refractivity contribution in [1.29, 1.82) is 0 Å². The number of rotatable bonds is 3. The second kappa shape index (κ2) is 6.92. The molecule has 0 bridgehead atoms. The Morgan fingerprint density at radius 1 is 1.36 bits per heavy atom. The van der Waals surface area contributed by atoms with Crippen LogP contribution in [-0.2, 0) is 16.5 Å². The first-order chi connectivity index (χ1) is 12.2. The van der Waals surface area contributed by atoms with Crippen molar-refractivity contribution >= 4 is 6.03 Å². The van der Waals surface area contributed by atoms with E-state index < -0.39 is 0 Å². The van der Waals surface area contributed by atoms with Gasteiger partial charge in [0.2, 0.25) is 0 Å². The van der Waals surface area contributed by atoms with Crippen LogP contribution in [0.1, 0.15) is 56.8 Å². The van der Waals surface area contributed by atoms with E-state index in [9.17, 15) is 4.79 Å². The summed E-state index contributed by atoms with van der Waals surface area (Å²) >= 11 is 0. The number of amides is 2. The molecule has 25 heavy (non-hydrogen) atoms. The van der Waals surface area contributed by atoms with E-state index in [2.05, 4.69) is 15.5 Å². The van der Waals surface area contributed by atoms with E-state index in [1.54, 1.807) is 6.33 Å². The lowest BCUT2D eigenvalue weighted by atomic mass is 9.94. The van der Waals surface area contributed by atoms with Gasteiger partial charge in [0.25, 0.3) is 0 Å². The van der Waals surface area contributed by atoms with Crippen LogP contribution in [0.25, 0.3) is 0 Å². The van der Waals surface area contributed by atoms with E-state index >= 15 is 0 Å². The molecule has 1 aromatic heterocycles. The SMILES string of the molecule is Cn1cnnc1[C@H]1CCCN1C(=O)NC[C@H]1COC2(CCCCC2)O1. The first-order valence-electron chi connectivity index (χ1n) is 9.37. The van der Waals surface area contributed by atoms with Gasteiger partial charge in [-0.15, -0.1) is 10.2 Å². The molecule has 1 aliphatic carbocycles. The Balaban J connectivity index is 1.31. The zero-order chi connectivity index (χ0) is 17.3.